The van der Waals surface area contributed by atoms with Gasteiger partial charge in [-0.3, -0.25) is 14.7 Å². The molecule has 0 amide bonds. The van der Waals surface area contributed by atoms with E-state index in [1.165, 1.54) is 0 Å². The van der Waals surface area contributed by atoms with Crippen LogP contribution in [0.25, 0.3) is 16.9 Å². The minimum Gasteiger partial charge on any atom is -0.368 e. The second-order valence-electron chi connectivity index (χ2n) is 7.07. The Bertz CT molecular complexity index is 1180. The summed E-state index contributed by atoms with van der Waals surface area (Å²) in [7, 11) is 0. The summed E-state index contributed by atoms with van der Waals surface area (Å²) in [6.07, 6.45) is 3.37. The zero-order valence-corrected chi connectivity index (χ0v) is 16.1. The largest absolute Gasteiger partial charge is 0.368 e. The third-order valence-corrected chi connectivity index (χ3v) is 5.35. The van der Waals surface area contributed by atoms with E-state index in [0.717, 1.165) is 54.5 Å². The molecule has 1 aliphatic heterocycles. The molecule has 0 spiro atoms. The maximum atomic E-state index is 10.9. The van der Waals surface area contributed by atoms with Crippen molar-refractivity contribution in [3.8, 4) is 5.69 Å². The highest BCUT2D eigenvalue weighted by Crippen LogP contribution is 2.26. The third kappa shape index (κ3) is 3.20. The van der Waals surface area contributed by atoms with E-state index in [0.29, 0.717) is 0 Å². The number of anilines is 2. The Morgan fingerprint density at radius 2 is 1.50 bits per heavy atom. The van der Waals surface area contributed by atoms with Gasteiger partial charge >= 0.3 is 0 Å². The number of nitro benzene ring substituents is 1. The van der Waals surface area contributed by atoms with E-state index < -0.39 is 0 Å². The summed E-state index contributed by atoms with van der Waals surface area (Å²) in [6.45, 7) is 3.15. The molecule has 1 aliphatic rings. The normalized spacial score (nSPS) is 14.3. The van der Waals surface area contributed by atoms with Crippen LogP contribution in [0, 0.1) is 10.1 Å². The quantitative estimate of drug-likeness (QED) is 0.383. The molecule has 2 aromatic heterocycles. The van der Waals surface area contributed by atoms with Gasteiger partial charge in [0.25, 0.3) is 5.69 Å². The molecule has 4 aromatic rings. The average Bonchev–Trinajstić information content (AvgIpc) is 3.24. The van der Waals surface area contributed by atoms with Crippen LogP contribution in [0.5, 0.6) is 0 Å². The molecule has 9 heteroatoms. The maximum Gasteiger partial charge on any atom is 0.269 e. The number of rotatable bonds is 4. The lowest BCUT2D eigenvalue weighted by Gasteiger charge is -2.36. The van der Waals surface area contributed by atoms with Crippen LogP contribution in [0.2, 0.25) is 0 Å². The van der Waals surface area contributed by atoms with Gasteiger partial charge in [-0.2, -0.15) is 0 Å². The predicted octanol–water partition coefficient (Wildman–Crippen LogP) is 3.05. The topological polar surface area (TPSA) is 93.2 Å². The minimum absolute atomic E-state index is 0.106. The lowest BCUT2D eigenvalue weighted by molar-refractivity contribution is -0.384. The first-order valence-electron chi connectivity index (χ1n) is 9.68. The molecule has 150 valence electrons. The van der Waals surface area contributed by atoms with E-state index in [9.17, 15) is 10.1 Å². The summed E-state index contributed by atoms with van der Waals surface area (Å²) in [5.41, 5.74) is 3.66. The van der Waals surface area contributed by atoms with Gasteiger partial charge in [0.1, 0.15) is 12.7 Å². The molecule has 0 bridgehead atoms. The number of hydrogen-bond acceptors (Lipinski definition) is 7. The van der Waals surface area contributed by atoms with E-state index in [1.807, 2.05) is 34.9 Å². The van der Waals surface area contributed by atoms with Crippen LogP contribution in [0.4, 0.5) is 17.2 Å². The highest BCUT2D eigenvalue weighted by atomic mass is 16.6. The molecule has 30 heavy (non-hydrogen) atoms. The standard InChI is InChI=1S/C21H19N7O2/c29-28(30)18-8-6-16(7-9-18)25-10-12-26(13-11-25)20-19-21(23-14-22-20)27(15-24-19)17-4-2-1-3-5-17/h1-9,14-15H,10-13H2. The number of nitrogens with zero attached hydrogens (tertiary/aromatic N) is 7. The van der Waals surface area contributed by atoms with E-state index in [-0.39, 0.29) is 10.6 Å². The molecule has 0 aliphatic carbocycles. The van der Waals surface area contributed by atoms with Crippen molar-refractivity contribution in [3.05, 3.63) is 77.4 Å². The Morgan fingerprint density at radius 1 is 0.800 bits per heavy atom. The fourth-order valence-electron chi connectivity index (χ4n) is 3.79. The Kier molecular flexibility index (Phi) is 4.47. The fraction of sp³-hybridized carbons (Fsp3) is 0.190. The first-order valence-corrected chi connectivity index (χ1v) is 9.68. The number of para-hydroxylation sites is 1. The van der Waals surface area contributed by atoms with E-state index in [1.54, 1.807) is 36.9 Å². The molecule has 9 nitrogen and oxygen atoms in total. The maximum absolute atomic E-state index is 10.9. The van der Waals surface area contributed by atoms with E-state index >= 15 is 0 Å². The van der Waals surface area contributed by atoms with Gasteiger partial charge in [0.2, 0.25) is 0 Å². The molecule has 0 atom stereocenters. The number of imidazole rings is 1. The fourth-order valence-corrected chi connectivity index (χ4v) is 3.79. The van der Waals surface area contributed by atoms with Gasteiger partial charge in [0.15, 0.2) is 17.0 Å². The van der Waals surface area contributed by atoms with E-state index in [2.05, 4.69) is 24.8 Å². The van der Waals surface area contributed by atoms with Crippen LogP contribution in [0.15, 0.2) is 67.3 Å². The van der Waals surface area contributed by atoms with Crippen molar-refractivity contribution in [2.24, 2.45) is 0 Å². The zero-order chi connectivity index (χ0) is 20.5. The molecule has 0 saturated carbocycles. The Labute approximate surface area is 172 Å². The molecule has 0 N–H and O–H groups in total. The van der Waals surface area contributed by atoms with Crippen LogP contribution in [-0.2, 0) is 0 Å². The lowest BCUT2D eigenvalue weighted by Crippen LogP contribution is -2.47. The van der Waals surface area contributed by atoms with Gasteiger partial charge in [-0.1, -0.05) is 18.2 Å². The van der Waals surface area contributed by atoms with Gasteiger partial charge in [-0.25, -0.2) is 15.0 Å². The van der Waals surface area contributed by atoms with Gasteiger partial charge in [0.05, 0.1) is 4.92 Å². The number of piperazine rings is 1. The predicted molar refractivity (Wildman–Crippen MR) is 114 cm³/mol. The highest BCUT2D eigenvalue weighted by Gasteiger charge is 2.22. The molecule has 5 rings (SSSR count). The number of non-ortho nitro benzene ring substituents is 1. The number of fused-ring (bicyclic) bond motifs is 1. The average molecular weight is 401 g/mol. The van der Waals surface area contributed by atoms with Crippen molar-refractivity contribution in [1.82, 2.24) is 19.5 Å². The van der Waals surface area contributed by atoms with Crippen LogP contribution < -0.4 is 9.80 Å². The Balaban J connectivity index is 1.36. The molecular weight excluding hydrogens is 382 g/mol. The highest BCUT2D eigenvalue weighted by molar-refractivity contribution is 5.84. The Hall–Kier alpha value is -4.01. The molecular formula is C21H19N7O2. The van der Waals surface area contributed by atoms with Gasteiger partial charge in [-0.05, 0) is 24.3 Å². The minimum atomic E-state index is -0.378. The van der Waals surface area contributed by atoms with Crippen molar-refractivity contribution in [1.29, 1.82) is 0 Å². The first-order chi connectivity index (χ1) is 14.7. The van der Waals surface area contributed by atoms with Crippen molar-refractivity contribution >= 4 is 28.4 Å². The summed E-state index contributed by atoms with van der Waals surface area (Å²) in [4.78, 5) is 28.5. The van der Waals surface area contributed by atoms with Gasteiger partial charge in [0, 0.05) is 49.7 Å². The summed E-state index contributed by atoms with van der Waals surface area (Å²) < 4.78 is 1.97. The second kappa shape index (κ2) is 7.43. The SMILES string of the molecule is O=[N+]([O-])c1ccc(N2CCN(c3ncnc4c3ncn4-c3ccccc3)CC2)cc1. The summed E-state index contributed by atoms with van der Waals surface area (Å²) in [6, 6.07) is 16.7. The monoisotopic (exact) mass is 401 g/mol. The van der Waals surface area contributed by atoms with Crippen molar-refractivity contribution in [2.75, 3.05) is 36.0 Å². The van der Waals surface area contributed by atoms with Crippen LogP contribution in [-0.4, -0.2) is 50.6 Å². The number of benzene rings is 2. The summed E-state index contributed by atoms with van der Waals surface area (Å²) >= 11 is 0. The summed E-state index contributed by atoms with van der Waals surface area (Å²) in [5, 5.41) is 10.9. The molecule has 1 saturated heterocycles. The van der Waals surface area contributed by atoms with Gasteiger partial charge in [-0.15, -0.1) is 0 Å². The number of aromatic nitrogens is 4. The lowest BCUT2D eigenvalue weighted by atomic mass is 10.2. The van der Waals surface area contributed by atoms with Crippen molar-refractivity contribution < 1.29 is 4.92 Å². The van der Waals surface area contributed by atoms with Crippen molar-refractivity contribution in [3.63, 3.8) is 0 Å². The zero-order valence-electron chi connectivity index (χ0n) is 16.1. The first kappa shape index (κ1) is 18.0. The van der Waals surface area contributed by atoms with Crippen LogP contribution in [0.3, 0.4) is 0 Å². The second-order valence-corrected chi connectivity index (χ2v) is 7.07. The number of hydrogen-bond donors (Lipinski definition) is 0. The van der Waals surface area contributed by atoms with Gasteiger partial charge < -0.3 is 9.80 Å². The molecule has 1 fully saturated rings. The van der Waals surface area contributed by atoms with Crippen LogP contribution in [0.1, 0.15) is 0 Å². The Morgan fingerprint density at radius 3 is 2.20 bits per heavy atom. The number of nitro groups is 1. The van der Waals surface area contributed by atoms with E-state index in [4.69, 9.17) is 0 Å². The molecule has 0 radical (unpaired) electrons. The molecule has 3 heterocycles. The smallest absolute Gasteiger partial charge is 0.269 e. The summed E-state index contributed by atoms with van der Waals surface area (Å²) in [5.74, 6) is 0.832. The molecule has 2 aromatic carbocycles. The molecule has 0 unspecified atom stereocenters. The van der Waals surface area contributed by atoms with Crippen molar-refractivity contribution in [2.45, 2.75) is 0 Å². The third-order valence-electron chi connectivity index (χ3n) is 5.35. The van der Waals surface area contributed by atoms with Crippen LogP contribution >= 0.6 is 0 Å².